The summed E-state index contributed by atoms with van der Waals surface area (Å²) in [5.41, 5.74) is 0.371. The van der Waals surface area contributed by atoms with E-state index in [0.29, 0.717) is 18.9 Å². The number of rotatable bonds is 5. The van der Waals surface area contributed by atoms with Gasteiger partial charge in [0.1, 0.15) is 5.60 Å². The van der Waals surface area contributed by atoms with Crippen LogP contribution in [0.1, 0.15) is 45.1 Å². The summed E-state index contributed by atoms with van der Waals surface area (Å²) in [4.78, 5) is 16.9. The van der Waals surface area contributed by atoms with E-state index in [9.17, 15) is 4.79 Å². The van der Waals surface area contributed by atoms with E-state index < -0.39 is 5.60 Å². The molecule has 2 rings (SSSR count). The molecule has 2 unspecified atom stereocenters. The lowest BCUT2D eigenvalue weighted by Crippen LogP contribution is -2.46. The van der Waals surface area contributed by atoms with Crippen LogP contribution in [0, 0.1) is 5.92 Å². The fourth-order valence-corrected chi connectivity index (χ4v) is 3.56. The molecule has 3 nitrogen and oxygen atoms in total. The summed E-state index contributed by atoms with van der Waals surface area (Å²) in [6, 6.07) is 1.96. The second-order valence-electron chi connectivity index (χ2n) is 5.74. The van der Waals surface area contributed by atoms with Crippen molar-refractivity contribution in [3.05, 3.63) is 28.5 Å². The lowest BCUT2D eigenvalue weighted by Gasteiger charge is -2.38. The van der Waals surface area contributed by atoms with Gasteiger partial charge in [-0.3, -0.25) is 9.78 Å². The maximum absolute atomic E-state index is 12.8. The summed E-state index contributed by atoms with van der Waals surface area (Å²) in [7, 11) is 0. The number of ether oxygens (including phenoxy) is 1. The zero-order chi connectivity index (χ0) is 14.6. The van der Waals surface area contributed by atoms with Crippen LogP contribution in [-0.2, 0) is 16.0 Å². The minimum atomic E-state index is -0.575. The number of hydrogen-bond donors (Lipinski definition) is 0. The summed E-state index contributed by atoms with van der Waals surface area (Å²) in [6.07, 6.45) is 7.86. The molecule has 20 heavy (non-hydrogen) atoms. The highest BCUT2D eigenvalue weighted by Gasteiger charge is 2.41. The number of halogens is 1. The maximum atomic E-state index is 12.8. The molecule has 1 heterocycles. The van der Waals surface area contributed by atoms with E-state index in [1.165, 1.54) is 6.42 Å². The summed E-state index contributed by atoms with van der Waals surface area (Å²) in [5, 5.41) is 0. The number of carbonyl (C=O) groups is 1. The Kier molecular flexibility index (Phi) is 5.33. The van der Waals surface area contributed by atoms with Crippen LogP contribution < -0.4 is 0 Å². The Morgan fingerprint density at radius 1 is 1.55 bits per heavy atom. The van der Waals surface area contributed by atoms with Crippen molar-refractivity contribution in [2.45, 2.75) is 51.6 Å². The first-order chi connectivity index (χ1) is 9.55. The zero-order valence-electron chi connectivity index (χ0n) is 12.2. The van der Waals surface area contributed by atoms with Gasteiger partial charge in [0.2, 0.25) is 0 Å². The molecule has 1 aliphatic carbocycles. The van der Waals surface area contributed by atoms with E-state index >= 15 is 0 Å². The molecular formula is C16H22BrNO2. The number of pyridine rings is 1. The zero-order valence-corrected chi connectivity index (χ0v) is 13.8. The van der Waals surface area contributed by atoms with E-state index in [0.717, 1.165) is 29.3 Å². The van der Waals surface area contributed by atoms with Gasteiger partial charge in [0, 0.05) is 29.9 Å². The molecule has 110 valence electrons. The van der Waals surface area contributed by atoms with Crippen molar-refractivity contribution >= 4 is 21.7 Å². The summed E-state index contributed by atoms with van der Waals surface area (Å²) in [5.74, 6) is 0.755. The summed E-state index contributed by atoms with van der Waals surface area (Å²) in [6.45, 7) is 4.77. The van der Waals surface area contributed by atoms with Crippen LogP contribution in [0.2, 0.25) is 0 Å². The molecule has 0 amide bonds. The first-order valence-electron chi connectivity index (χ1n) is 7.32. The first-order valence-corrected chi connectivity index (χ1v) is 8.12. The van der Waals surface area contributed by atoms with Gasteiger partial charge in [-0.1, -0.05) is 13.3 Å². The third-order valence-electron chi connectivity index (χ3n) is 4.01. The molecule has 1 fully saturated rings. The molecule has 1 aliphatic rings. The van der Waals surface area contributed by atoms with Gasteiger partial charge < -0.3 is 4.74 Å². The number of aromatic nitrogens is 1. The van der Waals surface area contributed by atoms with Crippen molar-refractivity contribution < 1.29 is 9.53 Å². The predicted molar refractivity (Wildman–Crippen MR) is 82.6 cm³/mol. The molecular weight excluding hydrogens is 318 g/mol. The minimum Gasteiger partial charge on any atom is -0.367 e. The third-order valence-corrected chi connectivity index (χ3v) is 4.44. The number of hydrogen-bond acceptors (Lipinski definition) is 3. The van der Waals surface area contributed by atoms with Crippen LogP contribution in [0.3, 0.4) is 0 Å². The van der Waals surface area contributed by atoms with Crippen molar-refractivity contribution in [2.75, 3.05) is 6.61 Å². The van der Waals surface area contributed by atoms with Gasteiger partial charge in [-0.25, -0.2) is 0 Å². The van der Waals surface area contributed by atoms with Crippen molar-refractivity contribution in [3.63, 3.8) is 0 Å². The standard InChI is InChI=1S/C16H22BrNO2/c1-3-20-16(6-4-5-12(2)9-16)15(19)8-13-7-14(17)11-18-10-13/h7,10-12H,3-6,8-9H2,1-2H3. The SMILES string of the molecule is CCOC1(C(=O)Cc2cncc(Br)c2)CCCC(C)C1. The van der Waals surface area contributed by atoms with Crippen LogP contribution in [0.25, 0.3) is 0 Å². The van der Waals surface area contributed by atoms with E-state index in [-0.39, 0.29) is 5.78 Å². The van der Waals surface area contributed by atoms with E-state index in [1.807, 2.05) is 13.0 Å². The normalized spacial score (nSPS) is 26.4. The predicted octanol–water partition coefficient (Wildman–Crippen LogP) is 3.94. The number of ketones is 1. The molecule has 0 radical (unpaired) electrons. The topological polar surface area (TPSA) is 39.2 Å². The van der Waals surface area contributed by atoms with Crippen molar-refractivity contribution in [2.24, 2.45) is 5.92 Å². The van der Waals surface area contributed by atoms with Gasteiger partial charge in [-0.15, -0.1) is 0 Å². The summed E-state index contributed by atoms with van der Waals surface area (Å²) < 4.78 is 6.83. The molecule has 0 spiro atoms. The highest BCUT2D eigenvalue weighted by molar-refractivity contribution is 9.10. The Hall–Kier alpha value is -0.740. The second-order valence-corrected chi connectivity index (χ2v) is 6.66. The molecule has 4 heteroatoms. The van der Waals surface area contributed by atoms with Crippen LogP contribution >= 0.6 is 15.9 Å². The molecule has 0 saturated heterocycles. The third kappa shape index (κ3) is 3.67. The average molecular weight is 340 g/mol. The fourth-order valence-electron chi connectivity index (χ4n) is 3.14. The molecule has 0 aliphatic heterocycles. The van der Waals surface area contributed by atoms with Crippen LogP contribution in [0.4, 0.5) is 0 Å². The molecule has 0 N–H and O–H groups in total. The van der Waals surface area contributed by atoms with Gasteiger partial charge in [-0.2, -0.15) is 0 Å². The fraction of sp³-hybridized carbons (Fsp3) is 0.625. The molecule has 2 atom stereocenters. The summed E-state index contributed by atoms with van der Waals surface area (Å²) >= 11 is 3.40. The Morgan fingerprint density at radius 3 is 3.00 bits per heavy atom. The highest BCUT2D eigenvalue weighted by Crippen LogP contribution is 2.36. The van der Waals surface area contributed by atoms with E-state index in [4.69, 9.17) is 4.74 Å². The lowest BCUT2D eigenvalue weighted by molar-refractivity contribution is -0.150. The molecule has 0 bridgehead atoms. The smallest absolute Gasteiger partial charge is 0.169 e. The number of nitrogens with zero attached hydrogens (tertiary/aromatic N) is 1. The van der Waals surface area contributed by atoms with Gasteiger partial charge in [0.05, 0.1) is 0 Å². The quantitative estimate of drug-likeness (QED) is 0.815. The van der Waals surface area contributed by atoms with E-state index in [1.54, 1.807) is 12.4 Å². The van der Waals surface area contributed by atoms with Crippen LogP contribution in [0.5, 0.6) is 0 Å². The van der Waals surface area contributed by atoms with E-state index in [2.05, 4.69) is 27.8 Å². The Morgan fingerprint density at radius 2 is 2.35 bits per heavy atom. The first kappa shape index (κ1) is 15.6. The van der Waals surface area contributed by atoms with Crippen molar-refractivity contribution in [3.8, 4) is 0 Å². The van der Waals surface area contributed by atoms with Crippen molar-refractivity contribution in [1.82, 2.24) is 4.98 Å². The lowest BCUT2D eigenvalue weighted by atomic mass is 9.75. The molecule has 0 aromatic carbocycles. The van der Waals surface area contributed by atoms with Gasteiger partial charge in [0.15, 0.2) is 5.78 Å². The van der Waals surface area contributed by atoms with Crippen molar-refractivity contribution in [1.29, 1.82) is 0 Å². The largest absolute Gasteiger partial charge is 0.367 e. The molecule has 1 saturated carbocycles. The Bertz CT molecular complexity index is 473. The molecule has 1 aromatic heterocycles. The molecule has 1 aromatic rings. The number of Topliss-reactive ketones (excluding diaryl/α,β-unsaturated/α-hetero) is 1. The number of carbonyl (C=O) groups excluding carboxylic acids is 1. The average Bonchev–Trinajstić information content (AvgIpc) is 2.39. The van der Waals surface area contributed by atoms with Gasteiger partial charge in [-0.05, 0) is 59.7 Å². The monoisotopic (exact) mass is 339 g/mol. The minimum absolute atomic E-state index is 0.200. The van der Waals surface area contributed by atoms with Crippen LogP contribution in [-0.4, -0.2) is 23.0 Å². The second kappa shape index (κ2) is 6.81. The van der Waals surface area contributed by atoms with Crippen LogP contribution in [0.15, 0.2) is 22.9 Å². The Balaban J connectivity index is 2.14. The van der Waals surface area contributed by atoms with Gasteiger partial charge >= 0.3 is 0 Å². The maximum Gasteiger partial charge on any atom is 0.169 e. The highest BCUT2D eigenvalue weighted by atomic mass is 79.9. The Labute approximate surface area is 129 Å². The van der Waals surface area contributed by atoms with Gasteiger partial charge in [0.25, 0.3) is 0 Å².